The molecule has 0 bridgehead atoms. The Balaban J connectivity index is 2.59. The van der Waals surface area contributed by atoms with Gasteiger partial charge >= 0.3 is 0 Å². The highest BCUT2D eigenvalue weighted by atomic mass is 16.3. The SMILES string of the molecule is CC1CCCN(N=O)C1=O. The molecule has 0 spiro atoms. The summed E-state index contributed by atoms with van der Waals surface area (Å²) in [6.45, 7) is 2.31. The molecule has 0 aromatic heterocycles. The Hall–Kier alpha value is -0.930. The third-order valence-electron chi connectivity index (χ3n) is 1.78. The summed E-state index contributed by atoms with van der Waals surface area (Å²) >= 11 is 0. The van der Waals surface area contributed by atoms with Crippen LogP contribution in [0.15, 0.2) is 5.29 Å². The zero-order valence-electron chi connectivity index (χ0n) is 5.91. The Morgan fingerprint density at radius 2 is 2.40 bits per heavy atom. The Morgan fingerprint density at radius 3 is 2.90 bits per heavy atom. The van der Waals surface area contributed by atoms with Crippen molar-refractivity contribution >= 4 is 5.91 Å². The second-order valence-electron chi connectivity index (χ2n) is 2.59. The lowest BCUT2D eigenvalue weighted by atomic mass is 10.0. The number of amides is 1. The van der Waals surface area contributed by atoms with Gasteiger partial charge in [0.2, 0.25) is 5.91 Å². The maximum atomic E-state index is 11.0. The van der Waals surface area contributed by atoms with Gasteiger partial charge in [-0.15, -0.1) is 4.91 Å². The molecule has 0 aromatic rings. The summed E-state index contributed by atoms with van der Waals surface area (Å²) in [7, 11) is 0. The van der Waals surface area contributed by atoms with Gasteiger partial charge in [0.05, 0.1) is 5.29 Å². The van der Waals surface area contributed by atoms with E-state index in [4.69, 9.17) is 0 Å². The van der Waals surface area contributed by atoms with Crippen LogP contribution in [0.3, 0.4) is 0 Å². The van der Waals surface area contributed by atoms with Crippen molar-refractivity contribution in [2.75, 3.05) is 6.54 Å². The highest BCUT2D eigenvalue weighted by Crippen LogP contribution is 2.16. The van der Waals surface area contributed by atoms with Crippen LogP contribution in [-0.4, -0.2) is 17.5 Å². The van der Waals surface area contributed by atoms with Gasteiger partial charge in [-0.2, -0.15) is 5.01 Å². The largest absolute Gasteiger partial charge is 0.273 e. The fourth-order valence-electron chi connectivity index (χ4n) is 1.12. The van der Waals surface area contributed by atoms with Crippen LogP contribution in [-0.2, 0) is 4.79 Å². The van der Waals surface area contributed by atoms with Crippen LogP contribution >= 0.6 is 0 Å². The molecule has 1 amide bonds. The predicted octanol–water partition coefficient (Wildman–Crippen LogP) is 0.926. The van der Waals surface area contributed by atoms with E-state index in [9.17, 15) is 9.70 Å². The van der Waals surface area contributed by atoms with E-state index >= 15 is 0 Å². The fourth-order valence-corrected chi connectivity index (χ4v) is 1.12. The van der Waals surface area contributed by atoms with E-state index in [0.717, 1.165) is 17.9 Å². The molecule has 0 N–H and O–H groups in total. The normalized spacial score (nSPS) is 26.7. The van der Waals surface area contributed by atoms with Crippen molar-refractivity contribution in [1.82, 2.24) is 5.01 Å². The zero-order chi connectivity index (χ0) is 7.56. The number of nitroso groups, excluding NO2 is 1. The van der Waals surface area contributed by atoms with Gasteiger partial charge in [-0.05, 0) is 12.8 Å². The minimum absolute atomic E-state index is 0.0218. The van der Waals surface area contributed by atoms with Crippen LogP contribution in [0.5, 0.6) is 0 Å². The molecule has 56 valence electrons. The molecule has 1 fully saturated rings. The van der Waals surface area contributed by atoms with Crippen molar-refractivity contribution < 1.29 is 4.79 Å². The Kier molecular flexibility index (Phi) is 1.99. The zero-order valence-corrected chi connectivity index (χ0v) is 5.91. The van der Waals surface area contributed by atoms with Crippen molar-refractivity contribution in [3.8, 4) is 0 Å². The van der Waals surface area contributed by atoms with Gasteiger partial charge < -0.3 is 0 Å². The molecule has 10 heavy (non-hydrogen) atoms. The third-order valence-corrected chi connectivity index (χ3v) is 1.78. The number of rotatable bonds is 1. The number of hydrogen-bond donors (Lipinski definition) is 0. The summed E-state index contributed by atoms with van der Waals surface area (Å²) in [5.41, 5.74) is 0. The highest BCUT2D eigenvalue weighted by Gasteiger charge is 2.25. The first-order chi connectivity index (χ1) is 4.75. The molecule has 4 heteroatoms. The molecule has 1 rings (SSSR count). The van der Waals surface area contributed by atoms with Gasteiger partial charge in [0.25, 0.3) is 0 Å². The lowest BCUT2D eigenvalue weighted by Crippen LogP contribution is -2.35. The lowest BCUT2D eigenvalue weighted by molar-refractivity contribution is -0.137. The summed E-state index contributed by atoms with van der Waals surface area (Å²) in [5, 5.41) is 3.62. The van der Waals surface area contributed by atoms with Crippen molar-refractivity contribution in [2.45, 2.75) is 19.8 Å². The maximum Gasteiger partial charge on any atom is 0.248 e. The van der Waals surface area contributed by atoms with Crippen LogP contribution in [0.4, 0.5) is 0 Å². The quantitative estimate of drug-likeness (QED) is 0.511. The Morgan fingerprint density at radius 1 is 1.70 bits per heavy atom. The molecule has 0 aromatic carbocycles. The van der Waals surface area contributed by atoms with E-state index in [1.165, 1.54) is 0 Å². The monoisotopic (exact) mass is 142 g/mol. The molecule has 1 saturated heterocycles. The molecule has 4 nitrogen and oxygen atoms in total. The van der Waals surface area contributed by atoms with Gasteiger partial charge in [-0.3, -0.25) is 4.79 Å². The third kappa shape index (κ3) is 1.15. The maximum absolute atomic E-state index is 11.0. The smallest absolute Gasteiger partial charge is 0.248 e. The molecule has 0 aliphatic carbocycles. The topological polar surface area (TPSA) is 49.7 Å². The first kappa shape index (κ1) is 7.18. The van der Waals surface area contributed by atoms with Gasteiger partial charge in [-0.25, -0.2) is 0 Å². The minimum atomic E-state index is -0.138. The second-order valence-corrected chi connectivity index (χ2v) is 2.59. The van der Waals surface area contributed by atoms with E-state index in [1.54, 1.807) is 0 Å². The van der Waals surface area contributed by atoms with Crippen molar-refractivity contribution in [3.63, 3.8) is 0 Å². The molecule has 1 heterocycles. The molecule has 0 saturated carbocycles. The molecule has 1 unspecified atom stereocenters. The van der Waals surface area contributed by atoms with E-state index < -0.39 is 0 Å². The van der Waals surface area contributed by atoms with E-state index in [2.05, 4.69) is 5.29 Å². The summed E-state index contributed by atoms with van der Waals surface area (Å²) in [4.78, 5) is 21.0. The first-order valence-corrected chi connectivity index (χ1v) is 3.40. The lowest BCUT2D eigenvalue weighted by Gasteiger charge is -2.22. The van der Waals surface area contributed by atoms with E-state index in [-0.39, 0.29) is 11.8 Å². The highest BCUT2D eigenvalue weighted by molar-refractivity contribution is 5.78. The number of carbonyl (C=O) groups excluding carboxylic acids is 1. The van der Waals surface area contributed by atoms with Crippen LogP contribution in [0, 0.1) is 10.8 Å². The van der Waals surface area contributed by atoms with E-state index in [1.807, 2.05) is 6.92 Å². The van der Waals surface area contributed by atoms with Gasteiger partial charge in [0.1, 0.15) is 0 Å². The molecule has 1 atom stereocenters. The Labute approximate surface area is 59.1 Å². The van der Waals surface area contributed by atoms with Crippen molar-refractivity contribution in [2.24, 2.45) is 11.2 Å². The molecular formula is C6H10N2O2. The average molecular weight is 142 g/mol. The van der Waals surface area contributed by atoms with Crippen molar-refractivity contribution in [1.29, 1.82) is 0 Å². The standard InChI is InChI=1S/C6H10N2O2/c1-5-3-2-4-8(7-10)6(5)9/h5H,2-4H2,1H3. The van der Waals surface area contributed by atoms with Crippen molar-refractivity contribution in [3.05, 3.63) is 4.91 Å². The summed E-state index contributed by atoms with van der Waals surface area (Å²) < 4.78 is 0. The fraction of sp³-hybridized carbons (Fsp3) is 0.833. The van der Waals surface area contributed by atoms with Crippen LogP contribution in [0.25, 0.3) is 0 Å². The first-order valence-electron chi connectivity index (χ1n) is 3.40. The molecule has 1 aliphatic heterocycles. The number of carbonyl (C=O) groups is 1. The van der Waals surface area contributed by atoms with Gasteiger partial charge in [0.15, 0.2) is 0 Å². The van der Waals surface area contributed by atoms with Crippen LogP contribution in [0.2, 0.25) is 0 Å². The summed E-state index contributed by atoms with van der Waals surface area (Å²) in [6, 6.07) is 0. The van der Waals surface area contributed by atoms with E-state index in [0.29, 0.717) is 6.54 Å². The molecule has 0 radical (unpaired) electrons. The summed E-state index contributed by atoms with van der Waals surface area (Å²) in [6.07, 6.45) is 1.77. The molecule has 1 aliphatic rings. The number of piperidine rings is 1. The van der Waals surface area contributed by atoms with Crippen LogP contribution < -0.4 is 0 Å². The van der Waals surface area contributed by atoms with Gasteiger partial charge in [0, 0.05) is 12.5 Å². The number of nitrogens with zero attached hydrogens (tertiary/aromatic N) is 2. The molecular weight excluding hydrogens is 132 g/mol. The minimum Gasteiger partial charge on any atom is -0.273 e. The summed E-state index contributed by atoms with van der Waals surface area (Å²) in [5.74, 6) is -0.160. The van der Waals surface area contributed by atoms with Crippen LogP contribution in [0.1, 0.15) is 19.8 Å². The Bertz CT molecular complexity index is 158. The predicted molar refractivity (Wildman–Crippen MR) is 35.9 cm³/mol. The average Bonchev–Trinajstić information content (AvgIpc) is 1.95. The van der Waals surface area contributed by atoms with Gasteiger partial charge in [-0.1, -0.05) is 6.92 Å². The second kappa shape index (κ2) is 2.77. The number of hydrogen-bond acceptors (Lipinski definition) is 3.